The number of ether oxygens (including phenoxy) is 1. The van der Waals surface area contributed by atoms with Crippen LogP contribution in [0.5, 0.6) is 0 Å². The Bertz CT molecular complexity index is 418. The Morgan fingerprint density at radius 3 is 2.70 bits per heavy atom. The highest BCUT2D eigenvalue weighted by atomic mass is 16.5. The van der Waals surface area contributed by atoms with Crippen LogP contribution in [0.4, 0.5) is 0 Å². The summed E-state index contributed by atoms with van der Waals surface area (Å²) in [6.07, 6.45) is 3.32. The quantitative estimate of drug-likeness (QED) is 0.763. The molecule has 2 atom stereocenters. The van der Waals surface area contributed by atoms with Crippen molar-refractivity contribution in [1.82, 2.24) is 5.32 Å². The Kier molecular flexibility index (Phi) is 5.56. The fourth-order valence-corrected chi connectivity index (χ4v) is 2.15. The molecule has 4 nitrogen and oxygen atoms in total. The van der Waals surface area contributed by atoms with Gasteiger partial charge in [0, 0.05) is 12.1 Å². The van der Waals surface area contributed by atoms with Crippen molar-refractivity contribution in [2.24, 2.45) is 5.73 Å². The van der Waals surface area contributed by atoms with Crippen LogP contribution >= 0.6 is 0 Å². The van der Waals surface area contributed by atoms with Gasteiger partial charge < -0.3 is 15.8 Å². The SMILES string of the molecule is CCC[C@H](N)C(OCc1ccccc1)C(=O)NC1CC1. The molecule has 1 saturated carbocycles. The third-order valence-corrected chi connectivity index (χ3v) is 3.47. The van der Waals surface area contributed by atoms with Gasteiger partial charge in [-0.25, -0.2) is 0 Å². The van der Waals surface area contributed by atoms with Crippen LogP contribution in [0.1, 0.15) is 38.2 Å². The third kappa shape index (κ3) is 4.62. The molecule has 20 heavy (non-hydrogen) atoms. The zero-order valence-corrected chi connectivity index (χ0v) is 12.0. The van der Waals surface area contributed by atoms with E-state index in [1.54, 1.807) is 0 Å². The van der Waals surface area contributed by atoms with E-state index in [1.165, 1.54) is 0 Å². The number of amides is 1. The van der Waals surface area contributed by atoms with E-state index in [1.807, 2.05) is 30.3 Å². The van der Waals surface area contributed by atoms with Gasteiger partial charge in [0.25, 0.3) is 5.91 Å². The number of hydrogen-bond donors (Lipinski definition) is 2. The molecule has 4 heteroatoms. The normalized spacial score (nSPS) is 17.5. The molecule has 1 aliphatic rings. The topological polar surface area (TPSA) is 64.3 Å². The molecule has 0 heterocycles. The molecule has 2 rings (SSSR count). The lowest BCUT2D eigenvalue weighted by molar-refractivity contribution is -0.135. The van der Waals surface area contributed by atoms with Gasteiger partial charge in [0.15, 0.2) is 6.10 Å². The van der Waals surface area contributed by atoms with Crippen LogP contribution in [0.25, 0.3) is 0 Å². The van der Waals surface area contributed by atoms with E-state index >= 15 is 0 Å². The molecule has 0 saturated heterocycles. The first kappa shape index (κ1) is 15.0. The summed E-state index contributed by atoms with van der Waals surface area (Å²) in [4.78, 5) is 12.2. The number of nitrogens with one attached hydrogen (secondary N) is 1. The van der Waals surface area contributed by atoms with E-state index in [0.717, 1.165) is 31.2 Å². The number of carbonyl (C=O) groups is 1. The first-order valence-corrected chi connectivity index (χ1v) is 7.42. The minimum absolute atomic E-state index is 0.0654. The van der Waals surface area contributed by atoms with E-state index in [9.17, 15) is 4.79 Å². The van der Waals surface area contributed by atoms with Gasteiger partial charge in [0.2, 0.25) is 0 Å². The fourth-order valence-electron chi connectivity index (χ4n) is 2.15. The van der Waals surface area contributed by atoms with Crippen molar-refractivity contribution in [1.29, 1.82) is 0 Å². The average Bonchev–Trinajstić information content (AvgIpc) is 3.24. The van der Waals surface area contributed by atoms with Crippen LogP contribution in [-0.4, -0.2) is 24.1 Å². The van der Waals surface area contributed by atoms with E-state index in [4.69, 9.17) is 10.5 Å². The number of hydrogen-bond acceptors (Lipinski definition) is 3. The van der Waals surface area contributed by atoms with Crippen molar-refractivity contribution in [3.63, 3.8) is 0 Å². The zero-order chi connectivity index (χ0) is 14.4. The molecule has 3 N–H and O–H groups in total. The van der Waals surface area contributed by atoms with E-state index in [-0.39, 0.29) is 11.9 Å². The van der Waals surface area contributed by atoms with Crippen LogP contribution in [0, 0.1) is 0 Å². The number of benzene rings is 1. The highest BCUT2D eigenvalue weighted by molar-refractivity contribution is 5.82. The summed E-state index contributed by atoms with van der Waals surface area (Å²) >= 11 is 0. The molecule has 1 unspecified atom stereocenters. The zero-order valence-electron chi connectivity index (χ0n) is 12.0. The number of nitrogens with two attached hydrogens (primary N) is 1. The molecule has 0 bridgehead atoms. The molecule has 110 valence electrons. The summed E-state index contributed by atoms with van der Waals surface area (Å²) in [6, 6.07) is 9.95. The number of rotatable bonds is 8. The smallest absolute Gasteiger partial charge is 0.250 e. The Hall–Kier alpha value is -1.39. The van der Waals surface area contributed by atoms with Crippen molar-refractivity contribution in [2.45, 2.75) is 57.4 Å². The molecule has 0 spiro atoms. The average molecular weight is 276 g/mol. The Labute approximate surface area is 120 Å². The first-order chi connectivity index (χ1) is 9.70. The minimum Gasteiger partial charge on any atom is -0.362 e. The summed E-state index contributed by atoms with van der Waals surface area (Å²) < 4.78 is 5.80. The molecule has 0 aliphatic heterocycles. The lowest BCUT2D eigenvalue weighted by Gasteiger charge is -2.23. The van der Waals surface area contributed by atoms with Crippen molar-refractivity contribution >= 4 is 5.91 Å². The molecule has 1 fully saturated rings. The Morgan fingerprint density at radius 2 is 2.10 bits per heavy atom. The molecular formula is C16H24N2O2. The lowest BCUT2D eigenvalue weighted by Crippen LogP contribution is -2.48. The molecule has 1 aromatic rings. The predicted octanol–water partition coefficient (Wildman–Crippen LogP) is 1.98. The third-order valence-electron chi connectivity index (χ3n) is 3.47. The number of carbonyl (C=O) groups excluding carboxylic acids is 1. The highest BCUT2D eigenvalue weighted by Gasteiger charge is 2.31. The van der Waals surface area contributed by atoms with Crippen LogP contribution < -0.4 is 11.1 Å². The van der Waals surface area contributed by atoms with Gasteiger partial charge in [0.05, 0.1) is 6.61 Å². The van der Waals surface area contributed by atoms with Gasteiger partial charge in [-0.15, -0.1) is 0 Å². The van der Waals surface area contributed by atoms with Crippen molar-refractivity contribution in [3.05, 3.63) is 35.9 Å². The summed E-state index contributed by atoms with van der Waals surface area (Å²) in [5, 5.41) is 2.99. The monoisotopic (exact) mass is 276 g/mol. The van der Waals surface area contributed by atoms with Crippen molar-refractivity contribution < 1.29 is 9.53 Å². The molecule has 0 aromatic heterocycles. The maximum atomic E-state index is 12.2. The lowest BCUT2D eigenvalue weighted by atomic mass is 10.1. The Morgan fingerprint density at radius 1 is 1.40 bits per heavy atom. The second-order valence-corrected chi connectivity index (χ2v) is 5.45. The van der Waals surface area contributed by atoms with E-state index < -0.39 is 6.10 Å². The van der Waals surface area contributed by atoms with Gasteiger partial charge >= 0.3 is 0 Å². The van der Waals surface area contributed by atoms with Crippen molar-refractivity contribution in [3.8, 4) is 0 Å². The summed E-state index contributed by atoms with van der Waals surface area (Å²) in [5.74, 6) is -0.0654. The predicted molar refractivity (Wildman–Crippen MR) is 79.1 cm³/mol. The minimum atomic E-state index is -0.559. The first-order valence-electron chi connectivity index (χ1n) is 7.42. The van der Waals surface area contributed by atoms with E-state index in [2.05, 4.69) is 12.2 Å². The molecule has 1 aromatic carbocycles. The molecule has 0 radical (unpaired) electrons. The van der Waals surface area contributed by atoms with Crippen LogP contribution in [0.15, 0.2) is 30.3 Å². The maximum Gasteiger partial charge on any atom is 0.250 e. The van der Waals surface area contributed by atoms with Gasteiger partial charge in [-0.1, -0.05) is 43.7 Å². The molecule has 1 aliphatic carbocycles. The van der Waals surface area contributed by atoms with Gasteiger partial charge in [0.1, 0.15) is 0 Å². The van der Waals surface area contributed by atoms with Crippen LogP contribution in [-0.2, 0) is 16.1 Å². The van der Waals surface area contributed by atoms with Gasteiger partial charge in [-0.05, 0) is 24.8 Å². The standard InChI is InChI=1S/C16H24N2O2/c1-2-6-14(17)15(16(19)18-13-9-10-13)20-11-12-7-4-3-5-8-12/h3-5,7-8,13-15H,2,6,9-11,17H2,1H3,(H,18,19)/t14-,15?/m0/s1. The Balaban J connectivity index is 1.92. The summed E-state index contributed by atoms with van der Waals surface area (Å²) in [7, 11) is 0. The largest absolute Gasteiger partial charge is 0.362 e. The van der Waals surface area contributed by atoms with Crippen LogP contribution in [0.3, 0.4) is 0 Å². The summed E-state index contributed by atoms with van der Waals surface area (Å²) in [5.41, 5.74) is 7.16. The second-order valence-electron chi connectivity index (χ2n) is 5.45. The van der Waals surface area contributed by atoms with Gasteiger partial charge in [-0.3, -0.25) is 4.79 Å². The van der Waals surface area contributed by atoms with Crippen LogP contribution in [0.2, 0.25) is 0 Å². The second kappa shape index (κ2) is 7.41. The molecule has 1 amide bonds. The van der Waals surface area contributed by atoms with Gasteiger partial charge in [-0.2, -0.15) is 0 Å². The van der Waals surface area contributed by atoms with E-state index in [0.29, 0.717) is 12.6 Å². The highest BCUT2D eigenvalue weighted by Crippen LogP contribution is 2.19. The fraction of sp³-hybridized carbons (Fsp3) is 0.562. The maximum absolute atomic E-state index is 12.2. The molecular weight excluding hydrogens is 252 g/mol. The summed E-state index contributed by atoms with van der Waals surface area (Å²) in [6.45, 7) is 2.48. The van der Waals surface area contributed by atoms with Crippen molar-refractivity contribution in [2.75, 3.05) is 0 Å².